The van der Waals surface area contributed by atoms with Crippen LogP contribution in [0.25, 0.3) is 0 Å². The van der Waals surface area contributed by atoms with E-state index >= 15 is 0 Å². The van der Waals surface area contributed by atoms with Crippen LogP contribution in [-0.2, 0) is 9.47 Å². The van der Waals surface area contributed by atoms with E-state index in [4.69, 9.17) is 9.47 Å². The Morgan fingerprint density at radius 1 is 1.15 bits per heavy atom. The molecule has 0 aromatic carbocycles. The Labute approximate surface area is 166 Å². The van der Waals surface area contributed by atoms with Gasteiger partial charge in [-0.2, -0.15) is 0 Å². The van der Waals surface area contributed by atoms with E-state index in [0.29, 0.717) is 36.3 Å². The number of methoxy groups -OCH3 is 1. The zero-order chi connectivity index (χ0) is 18.9. The maximum atomic E-state index is 13.1. The lowest BCUT2D eigenvalue weighted by Gasteiger charge is -2.42. The molecule has 7 heteroatoms. The molecular weight excluding hydrogens is 362 g/mol. The van der Waals surface area contributed by atoms with Crippen LogP contribution in [0.4, 0.5) is 9.93 Å². The predicted molar refractivity (Wildman–Crippen MR) is 108 cm³/mol. The fourth-order valence-electron chi connectivity index (χ4n) is 4.41. The fourth-order valence-corrected chi connectivity index (χ4v) is 4.93. The summed E-state index contributed by atoms with van der Waals surface area (Å²) in [4.78, 5) is 19.5. The van der Waals surface area contributed by atoms with Crippen LogP contribution < -0.4 is 5.32 Å². The molecule has 27 heavy (non-hydrogen) atoms. The van der Waals surface area contributed by atoms with Crippen LogP contribution >= 0.6 is 11.3 Å². The van der Waals surface area contributed by atoms with Crippen LogP contribution in [0.3, 0.4) is 0 Å². The third-order valence-electron chi connectivity index (χ3n) is 5.84. The summed E-state index contributed by atoms with van der Waals surface area (Å²) in [6.07, 6.45) is 12.2. The third-order valence-corrected chi connectivity index (χ3v) is 6.53. The van der Waals surface area contributed by atoms with Gasteiger partial charge in [-0.05, 0) is 44.4 Å². The summed E-state index contributed by atoms with van der Waals surface area (Å²) < 4.78 is 10.8. The predicted octanol–water partition coefficient (Wildman–Crippen LogP) is 4.53. The number of thiazole rings is 1. The number of rotatable bonds is 8. The normalized spacial score (nSPS) is 23.9. The molecule has 1 aromatic rings. The SMILES string of the molecule is COCCOCC1CCC(N(C(=O)Nc2nccs2)C2CCCCC2)CC1. The maximum absolute atomic E-state index is 13.1. The van der Waals surface area contributed by atoms with Gasteiger partial charge >= 0.3 is 6.03 Å². The van der Waals surface area contributed by atoms with Gasteiger partial charge in [-0.1, -0.05) is 19.3 Å². The van der Waals surface area contributed by atoms with E-state index < -0.39 is 0 Å². The molecule has 2 saturated carbocycles. The van der Waals surface area contributed by atoms with Gasteiger partial charge in [0.1, 0.15) is 0 Å². The molecule has 0 aliphatic heterocycles. The largest absolute Gasteiger partial charge is 0.382 e. The summed E-state index contributed by atoms with van der Waals surface area (Å²) in [7, 11) is 1.70. The zero-order valence-electron chi connectivity index (χ0n) is 16.4. The van der Waals surface area contributed by atoms with Crippen molar-refractivity contribution in [2.45, 2.75) is 69.9 Å². The molecule has 1 heterocycles. The topological polar surface area (TPSA) is 63.7 Å². The third kappa shape index (κ3) is 6.16. The Bertz CT molecular complexity index is 541. The van der Waals surface area contributed by atoms with Crippen LogP contribution in [0.2, 0.25) is 0 Å². The maximum Gasteiger partial charge on any atom is 0.324 e. The first-order chi connectivity index (χ1) is 13.3. The van der Waals surface area contributed by atoms with Crippen molar-refractivity contribution in [2.75, 3.05) is 32.2 Å². The molecule has 0 bridgehead atoms. The molecule has 0 saturated heterocycles. The number of hydrogen-bond acceptors (Lipinski definition) is 5. The minimum Gasteiger partial charge on any atom is -0.382 e. The lowest BCUT2D eigenvalue weighted by molar-refractivity contribution is 0.0329. The number of anilines is 1. The number of hydrogen-bond donors (Lipinski definition) is 1. The monoisotopic (exact) mass is 395 g/mol. The Kier molecular flexibility index (Phi) is 8.35. The van der Waals surface area contributed by atoms with E-state index in [1.54, 1.807) is 13.3 Å². The number of carbonyl (C=O) groups excluding carboxylic acids is 1. The summed E-state index contributed by atoms with van der Waals surface area (Å²) in [5, 5.41) is 5.63. The Morgan fingerprint density at radius 3 is 2.56 bits per heavy atom. The number of ether oxygens (including phenoxy) is 2. The van der Waals surface area contributed by atoms with Gasteiger partial charge in [0, 0.05) is 37.4 Å². The number of carbonyl (C=O) groups is 1. The summed E-state index contributed by atoms with van der Waals surface area (Å²) in [6, 6.07) is 0.748. The van der Waals surface area contributed by atoms with Crippen molar-refractivity contribution in [2.24, 2.45) is 5.92 Å². The highest BCUT2D eigenvalue weighted by molar-refractivity contribution is 7.13. The molecule has 1 N–H and O–H groups in total. The van der Waals surface area contributed by atoms with Crippen LogP contribution in [0.1, 0.15) is 57.8 Å². The average molecular weight is 396 g/mol. The zero-order valence-corrected chi connectivity index (χ0v) is 17.2. The van der Waals surface area contributed by atoms with Gasteiger partial charge in [-0.3, -0.25) is 5.32 Å². The van der Waals surface area contributed by atoms with Gasteiger partial charge in [0.25, 0.3) is 0 Å². The molecule has 1 aromatic heterocycles. The molecule has 2 aliphatic carbocycles. The van der Waals surface area contributed by atoms with Gasteiger partial charge in [-0.25, -0.2) is 9.78 Å². The number of nitrogens with zero attached hydrogens (tertiary/aromatic N) is 2. The second-order valence-corrected chi connectivity index (χ2v) is 8.60. The second kappa shape index (κ2) is 11.0. The molecule has 0 atom stereocenters. The molecule has 0 radical (unpaired) electrons. The molecule has 6 nitrogen and oxygen atoms in total. The van der Waals surface area contributed by atoms with Crippen LogP contribution in [-0.4, -0.2) is 54.9 Å². The minimum absolute atomic E-state index is 0.0386. The Morgan fingerprint density at radius 2 is 1.89 bits per heavy atom. The number of aromatic nitrogens is 1. The molecule has 2 aliphatic rings. The van der Waals surface area contributed by atoms with Crippen molar-refractivity contribution in [1.82, 2.24) is 9.88 Å². The smallest absolute Gasteiger partial charge is 0.324 e. The highest BCUT2D eigenvalue weighted by atomic mass is 32.1. The van der Waals surface area contributed by atoms with Crippen LogP contribution in [0, 0.1) is 5.92 Å². The first kappa shape index (κ1) is 20.6. The molecule has 152 valence electrons. The standard InChI is InChI=1S/C20H33N3O3S/c1-25-12-13-26-15-16-7-9-18(10-8-16)23(17-5-3-2-4-6-17)20(24)22-19-21-11-14-27-19/h11,14,16-18H,2-10,12-13,15H2,1H3,(H,21,22,24). The van der Waals surface area contributed by atoms with Gasteiger partial charge in [-0.15, -0.1) is 11.3 Å². The van der Waals surface area contributed by atoms with E-state index in [2.05, 4.69) is 15.2 Å². The van der Waals surface area contributed by atoms with Crippen molar-refractivity contribution in [3.05, 3.63) is 11.6 Å². The van der Waals surface area contributed by atoms with Crippen molar-refractivity contribution < 1.29 is 14.3 Å². The van der Waals surface area contributed by atoms with E-state index in [1.165, 1.54) is 30.6 Å². The van der Waals surface area contributed by atoms with Crippen LogP contribution in [0.15, 0.2) is 11.6 Å². The second-order valence-electron chi connectivity index (χ2n) is 7.71. The number of amides is 2. The Balaban J connectivity index is 1.55. The number of urea groups is 1. The van der Waals surface area contributed by atoms with Crippen molar-refractivity contribution >= 4 is 22.5 Å². The summed E-state index contributed by atoms with van der Waals surface area (Å²) in [5.74, 6) is 0.605. The lowest BCUT2D eigenvalue weighted by Crippen LogP contribution is -2.51. The lowest BCUT2D eigenvalue weighted by atomic mass is 9.84. The van der Waals surface area contributed by atoms with Crippen molar-refractivity contribution in [1.29, 1.82) is 0 Å². The molecule has 0 spiro atoms. The Hall–Kier alpha value is -1.18. The molecule has 3 rings (SSSR count). The summed E-state index contributed by atoms with van der Waals surface area (Å²) in [6.45, 7) is 2.13. The van der Waals surface area contributed by atoms with E-state index in [0.717, 1.165) is 45.1 Å². The average Bonchev–Trinajstić information content (AvgIpc) is 3.20. The molecular formula is C20H33N3O3S. The first-order valence-corrected chi connectivity index (χ1v) is 11.2. The van der Waals surface area contributed by atoms with Crippen molar-refractivity contribution in [3.8, 4) is 0 Å². The van der Waals surface area contributed by atoms with Gasteiger partial charge < -0.3 is 14.4 Å². The van der Waals surface area contributed by atoms with Crippen molar-refractivity contribution in [3.63, 3.8) is 0 Å². The van der Waals surface area contributed by atoms with E-state index in [9.17, 15) is 4.79 Å². The van der Waals surface area contributed by atoms with Gasteiger partial charge in [0.05, 0.1) is 13.2 Å². The molecule has 0 unspecified atom stereocenters. The number of nitrogens with one attached hydrogen (secondary N) is 1. The van der Waals surface area contributed by atoms with Crippen LogP contribution in [0.5, 0.6) is 0 Å². The van der Waals surface area contributed by atoms with Gasteiger partial charge in [0.2, 0.25) is 0 Å². The van der Waals surface area contributed by atoms with E-state index in [1.807, 2.05) is 5.38 Å². The van der Waals surface area contributed by atoms with Gasteiger partial charge in [0.15, 0.2) is 5.13 Å². The van der Waals surface area contributed by atoms with E-state index in [-0.39, 0.29) is 6.03 Å². The molecule has 2 fully saturated rings. The molecule has 2 amide bonds. The first-order valence-electron chi connectivity index (χ1n) is 10.3. The highest BCUT2D eigenvalue weighted by Gasteiger charge is 2.34. The minimum atomic E-state index is 0.0386. The summed E-state index contributed by atoms with van der Waals surface area (Å²) in [5.41, 5.74) is 0. The quantitative estimate of drug-likeness (QED) is 0.657. The summed E-state index contributed by atoms with van der Waals surface area (Å²) >= 11 is 1.48. The highest BCUT2D eigenvalue weighted by Crippen LogP contribution is 2.33. The fraction of sp³-hybridized carbons (Fsp3) is 0.800.